The molecule has 1 aromatic heterocycles. The second kappa shape index (κ2) is 8.51. The highest BCUT2D eigenvalue weighted by Gasteiger charge is 2.13. The number of carbonyl (C=O) groups is 1. The fourth-order valence-corrected chi connectivity index (χ4v) is 2.84. The SMILES string of the molecule is Cc1ccc(CC(=O)Nc2ccc(OCCN)c(-c3ccnn3C)c2)cc1. The van der Waals surface area contributed by atoms with E-state index in [4.69, 9.17) is 10.5 Å². The molecular formula is C21H24N4O2. The predicted octanol–water partition coefficient (Wildman–Crippen LogP) is 2.91. The number of ether oxygens (including phenoxy) is 1. The van der Waals surface area contributed by atoms with Crippen molar-refractivity contribution in [3.8, 4) is 17.0 Å². The number of amides is 1. The summed E-state index contributed by atoms with van der Waals surface area (Å²) in [6.45, 7) is 2.88. The smallest absolute Gasteiger partial charge is 0.228 e. The second-order valence-corrected chi connectivity index (χ2v) is 6.40. The number of aryl methyl sites for hydroxylation is 2. The van der Waals surface area contributed by atoms with E-state index in [9.17, 15) is 4.79 Å². The molecule has 0 aliphatic rings. The van der Waals surface area contributed by atoms with Gasteiger partial charge < -0.3 is 15.8 Å². The molecule has 1 heterocycles. The summed E-state index contributed by atoms with van der Waals surface area (Å²) in [6, 6.07) is 15.4. The number of hydrogen-bond donors (Lipinski definition) is 2. The molecule has 0 fully saturated rings. The summed E-state index contributed by atoms with van der Waals surface area (Å²) in [7, 11) is 1.87. The monoisotopic (exact) mass is 364 g/mol. The molecule has 0 atom stereocenters. The van der Waals surface area contributed by atoms with E-state index in [-0.39, 0.29) is 5.91 Å². The van der Waals surface area contributed by atoms with Crippen LogP contribution in [0.5, 0.6) is 5.75 Å². The highest BCUT2D eigenvalue weighted by molar-refractivity contribution is 5.93. The highest BCUT2D eigenvalue weighted by Crippen LogP contribution is 2.32. The van der Waals surface area contributed by atoms with Crippen molar-refractivity contribution < 1.29 is 9.53 Å². The van der Waals surface area contributed by atoms with E-state index in [0.29, 0.717) is 31.0 Å². The van der Waals surface area contributed by atoms with Gasteiger partial charge in [0.2, 0.25) is 5.91 Å². The molecule has 0 radical (unpaired) electrons. The number of nitrogens with one attached hydrogen (secondary N) is 1. The van der Waals surface area contributed by atoms with Crippen LogP contribution < -0.4 is 15.8 Å². The first kappa shape index (κ1) is 18.7. The number of nitrogens with two attached hydrogens (primary N) is 1. The zero-order valence-corrected chi connectivity index (χ0v) is 15.6. The fraction of sp³-hybridized carbons (Fsp3) is 0.238. The summed E-state index contributed by atoms with van der Waals surface area (Å²) in [5.41, 5.74) is 10.2. The minimum Gasteiger partial charge on any atom is -0.492 e. The second-order valence-electron chi connectivity index (χ2n) is 6.40. The topological polar surface area (TPSA) is 82.2 Å². The van der Waals surface area contributed by atoms with Gasteiger partial charge in [0.1, 0.15) is 12.4 Å². The molecule has 140 valence electrons. The average Bonchev–Trinajstić information content (AvgIpc) is 3.08. The van der Waals surface area contributed by atoms with Crippen LogP contribution in [0.2, 0.25) is 0 Å². The van der Waals surface area contributed by atoms with Gasteiger partial charge in [0, 0.05) is 31.0 Å². The number of hydrogen-bond acceptors (Lipinski definition) is 4. The van der Waals surface area contributed by atoms with E-state index in [2.05, 4.69) is 10.4 Å². The van der Waals surface area contributed by atoms with Gasteiger partial charge in [-0.25, -0.2) is 0 Å². The van der Waals surface area contributed by atoms with Crippen molar-refractivity contribution in [1.82, 2.24) is 9.78 Å². The fourth-order valence-electron chi connectivity index (χ4n) is 2.84. The van der Waals surface area contributed by atoms with Gasteiger partial charge in [-0.05, 0) is 36.8 Å². The van der Waals surface area contributed by atoms with Crippen LogP contribution in [0.15, 0.2) is 54.7 Å². The summed E-state index contributed by atoms with van der Waals surface area (Å²) in [6.07, 6.45) is 2.05. The van der Waals surface area contributed by atoms with E-state index >= 15 is 0 Å². The molecule has 2 aromatic carbocycles. The van der Waals surface area contributed by atoms with E-state index in [1.165, 1.54) is 5.56 Å². The molecule has 0 saturated carbocycles. The first-order valence-corrected chi connectivity index (χ1v) is 8.87. The number of carbonyl (C=O) groups excluding carboxylic acids is 1. The molecule has 6 nitrogen and oxygen atoms in total. The normalized spacial score (nSPS) is 10.6. The first-order valence-electron chi connectivity index (χ1n) is 8.87. The van der Waals surface area contributed by atoms with Gasteiger partial charge in [0.05, 0.1) is 12.1 Å². The van der Waals surface area contributed by atoms with Crippen LogP contribution in [0.25, 0.3) is 11.3 Å². The van der Waals surface area contributed by atoms with Crippen molar-refractivity contribution in [2.45, 2.75) is 13.3 Å². The van der Waals surface area contributed by atoms with Crippen LogP contribution in [0.4, 0.5) is 5.69 Å². The van der Waals surface area contributed by atoms with Crippen molar-refractivity contribution in [2.75, 3.05) is 18.5 Å². The van der Waals surface area contributed by atoms with Crippen LogP contribution >= 0.6 is 0 Å². The molecule has 0 unspecified atom stereocenters. The Hall–Kier alpha value is -3.12. The molecule has 6 heteroatoms. The van der Waals surface area contributed by atoms with Gasteiger partial charge in [0.25, 0.3) is 0 Å². The van der Waals surface area contributed by atoms with Crippen LogP contribution in [-0.4, -0.2) is 28.8 Å². The highest BCUT2D eigenvalue weighted by atomic mass is 16.5. The minimum atomic E-state index is -0.0644. The number of benzene rings is 2. The maximum atomic E-state index is 12.4. The van der Waals surface area contributed by atoms with Crippen LogP contribution in [0, 0.1) is 6.92 Å². The largest absolute Gasteiger partial charge is 0.492 e. The quantitative estimate of drug-likeness (QED) is 0.675. The summed E-state index contributed by atoms with van der Waals surface area (Å²) >= 11 is 0. The summed E-state index contributed by atoms with van der Waals surface area (Å²) in [4.78, 5) is 12.4. The molecule has 0 bridgehead atoms. The molecule has 0 aliphatic heterocycles. The lowest BCUT2D eigenvalue weighted by molar-refractivity contribution is -0.115. The average molecular weight is 364 g/mol. The Morgan fingerprint density at radius 2 is 1.96 bits per heavy atom. The first-order chi connectivity index (χ1) is 13.1. The standard InChI is InChI=1S/C21H24N4O2/c1-15-3-5-16(6-4-15)13-21(26)24-17-7-8-20(27-12-10-22)18(14-17)19-9-11-23-25(19)2/h3-9,11,14H,10,12-13,22H2,1-2H3,(H,24,26). The van der Waals surface area contributed by atoms with Crippen molar-refractivity contribution in [2.24, 2.45) is 12.8 Å². The molecule has 0 aliphatic carbocycles. The van der Waals surface area contributed by atoms with E-state index in [1.807, 2.05) is 62.5 Å². The van der Waals surface area contributed by atoms with Gasteiger partial charge in [-0.15, -0.1) is 0 Å². The van der Waals surface area contributed by atoms with E-state index in [0.717, 1.165) is 16.8 Å². The number of nitrogens with zero attached hydrogens (tertiary/aromatic N) is 2. The zero-order valence-electron chi connectivity index (χ0n) is 15.6. The maximum Gasteiger partial charge on any atom is 0.228 e. The van der Waals surface area contributed by atoms with Crippen molar-refractivity contribution in [1.29, 1.82) is 0 Å². The summed E-state index contributed by atoms with van der Waals surface area (Å²) in [5.74, 6) is 0.644. The third-order valence-electron chi connectivity index (χ3n) is 4.22. The molecule has 1 amide bonds. The van der Waals surface area contributed by atoms with Gasteiger partial charge in [-0.3, -0.25) is 9.48 Å². The Labute approximate surface area is 159 Å². The Balaban J connectivity index is 1.80. The molecule has 3 rings (SSSR count). The van der Waals surface area contributed by atoms with Gasteiger partial charge in [0.15, 0.2) is 0 Å². The van der Waals surface area contributed by atoms with Gasteiger partial charge in [-0.1, -0.05) is 29.8 Å². The number of aromatic nitrogens is 2. The third kappa shape index (κ3) is 4.74. The lowest BCUT2D eigenvalue weighted by atomic mass is 10.1. The predicted molar refractivity (Wildman–Crippen MR) is 107 cm³/mol. The van der Waals surface area contributed by atoms with E-state index < -0.39 is 0 Å². The Morgan fingerprint density at radius 3 is 2.63 bits per heavy atom. The third-order valence-corrected chi connectivity index (χ3v) is 4.22. The summed E-state index contributed by atoms with van der Waals surface area (Å²) < 4.78 is 7.52. The van der Waals surface area contributed by atoms with E-state index in [1.54, 1.807) is 10.9 Å². The van der Waals surface area contributed by atoms with Crippen molar-refractivity contribution >= 4 is 11.6 Å². The van der Waals surface area contributed by atoms with Crippen LogP contribution in [0.1, 0.15) is 11.1 Å². The summed E-state index contributed by atoms with van der Waals surface area (Å²) in [5, 5.41) is 7.18. The van der Waals surface area contributed by atoms with Crippen LogP contribution in [0.3, 0.4) is 0 Å². The molecule has 0 spiro atoms. The van der Waals surface area contributed by atoms with Crippen LogP contribution in [-0.2, 0) is 18.3 Å². The lowest BCUT2D eigenvalue weighted by Gasteiger charge is -2.14. The van der Waals surface area contributed by atoms with Gasteiger partial charge >= 0.3 is 0 Å². The lowest BCUT2D eigenvalue weighted by Crippen LogP contribution is -2.15. The Kier molecular flexibility index (Phi) is 5.88. The molecule has 3 N–H and O–H groups in total. The van der Waals surface area contributed by atoms with Crippen molar-refractivity contribution in [3.05, 3.63) is 65.9 Å². The van der Waals surface area contributed by atoms with Crippen molar-refractivity contribution in [3.63, 3.8) is 0 Å². The minimum absolute atomic E-state index is 0.0644. The molecule has 27 heavy (non-hydrogen) atoms. The Bertz CT molecular complexity index is 916. The molecule has 0 saturated heterocycles. The van der Waals surface area contributed by atoms with Gasteiger partial charge in [-0.2, -0.15) is 5.10 Å². The molecule has 3 aromatic rings. The number of rotatable bonds is 7. The molecular weight excluding hydrogens is 340 g/mol. The Morgan fingerprint density at radius 1 is 1.19 bits per heavy atom. The zero-order chi connectivity index (χ0) is 19.2. The number of anilines is 1. The maximum absolute atomic E-state index is 12.4.